The Morgan fingerprint density at radius 2 is 1.84 bits per heavy atom. The predicted octanol–water partition coefficient (Wildman–Crippen LogP) is 1.88. The van der Waals surface area contributed by atoms with E-state index in [2.05, 4.69) is 25.5 Å². The van der Waals surface area contributed by atoms with E-state index in [4.69, 9.17) is 5.11 Å². The molecule has 0 aliphatic heterocycles. The molecule has 162 valence electrons. The molecule has 0 spiro atoms. The first kappa shape index (κ1) is 20.9. The summed E-state index contributed by atoms with van der Waals surface area (Å²) in [7, 11) is 0. The summed E-state index contributed by atoms with van der Waals surface area (Å²) in [5.74, 6) is -3.90. The summed E-state index contributed by atoms with van der Waals surface area (Å²) in [5, 5.41) is 30.5. The number of anilines is 1. The van der Waals surface area contributed by atoms with Gasteiger partial charge in [0.1, 0.15) is 0 Å². The normalized spacial score (nSPS) is 11.9. The summed E-state index contributed by atoms with van der Waals surface area (Å²) >= 11 is 1.11. The summed E-state index contributed by atoms with van der Waals surface area (Å²) < 4.78 is 0. The van der Waals surface area contributed by atoms with Crippen molar-refractivity contribution in [3.05, 3.63) is 67.8 Å². The van der Waals surface area contributed by atoms with Gasteiger partial charge in [-0.2, -0.15) is 5.10 Å². The van der Waals surface area contributed by atoms with Crippen molar-refractivity contribution < 1.29 is 19.8 Å². The molecule has 0 aliphatic carbocycles. The number of aromatic carboxylic acids is 1. The van der Waals surface area contributed by atoms with Gasteiger partial charge in [0.15, 0.2) is 11.5 Å². The Morgan fingerprint density at radius 1 is 1.12 bits per heavy atom. The smallest absolute Gasteiger partial charge is 0.358 e. The first-order valence-corrected chi connectivity index (χ1v) is 10.1. The highest BCUT2D eigenvalue weighted by atomic mass is 32.1. The third-order valence-electron chi connectivity index (χ3n) is 4.76. The molecular weight excluding hydrogens is 438 g/mol. The number of rotatable bonds is 5. The first-order chi connectivity index (χ1) is 15.3. The van der Waals surface area contributed by atoms with E-state index in [0.717, 1.165) is 11.3 Å². The number of H-pyrrole nitrogens is 2. The molecule has 4 rings (SSSR count). The van der Waals surface area contributed by atoms with Crippen molar-refractivity contribution >= 4 is 39.7 Å². The monoisotopic (exact) mass is 453 g/mol. The molecule has 1 aromatic carbocycles. The molecule has 0 saturated heterocycles. The van der Waals surface area contributed by atoms with E-state index in [9.17, 15) is 24.3 Å². The lowest BCUT2D eigenvalue weighted by atomic mass is 10.0. The van der Waals surface area contributed by atoms with Crippen LogP contribution in [0.25, 0.3) is 21.5 Å². The highest BCUT2D eigenvalue weighted by Gasteiger charge is 2.24. The fourth-order valence-corrected chi connectivity index (χ4v) is 3.94. The van der Waals surface area contributed by atoms with Gasteiger partial charge in [-0.15, -0.1) is 11.3 Å². The zero-order chi connectivity index (χ0) is 23.0. The summed E-state index contributed by atoms with van der Waals surface area (Å²) in [6.45, 7) is 1.62. The predicted molar refractivity (Wildman–Crippen MR) is 116 cm³/mol. The molecule has 1 amide bonds. The van der Waals surface area contributed by atoms with Crippen LogP contribution in [-0.4, -0.2) is 42.3 Å². The first-order valence-electron chi connectivity index (χ1n) is 9.20. The van der Waals surface area contributed by atoms with Crippen molar-refractivity contribution in [2.45, 2.75) is 12.8 Å². The number of carboxylic acid groups (broad SMARTS) is 1. The third-order valence-corrected chi connectivity index (χ3v) is 5.69. The van der Waals surface area contributed by atoms with Gasteiger partial charge in [0, 0.05) is 5.39 Å². The lowest BCUT2D eigenvalue weighted by Crippen LogP contribution is -2.22. The minimum atomic E-state index is -1.57. The average molecular weight is 453 g/mol. The molecule has 12 heteroatoms. The second-order valence-corrected chi connectivity index (χ2v) is 7.69. The third kappa shape index (κ3) is 3.63. The molecule has 0 radical (unpaired) electrons. The SMILES string of the molecule is CC(C(=O)Nc1ccsc1-c1nc(C(=O)O)c(O)c(=O)[nH]1)c1n[nH]c(=O)c2ccccc12. The van der Waals surface area contributed by atoms with Crippen LogP contribution in [0.3, 0.4) is 0 Å². The number of fused-ring (bicyclic) bond motifs is 1. The van der Waals surface area contributed by atoms with Gasteiger partial charge in [-0.05, 0) is 24.4 Å². The summed E-state index contributed by atoms with van der Waals surface area (Å²) in [6, 6.07) is 8.34. The van der Waals surface area contributed by atoms with Gasteiger partial charge >= 0.3 is 5.97 Å². The van der Waals surface area contributed by atoms with Crippen LogP contribution in [0.4, 0.5) is 5.69 Å². The number of benzene rings is 1. The maximum atomic E-state index is 13.0. The van der Waals surface area contributed by atoms with Crippen molar-refractivity contribution in [3.63, 3.8) is 0 Å². The summed E-state index contributed by atoms with van der Waals surface area (Å²) in [4.78, 5) is 54.5. The maximum absolute atomic E-state index is 13.0. The van der Waals surface area contributed by atoms with Gasteiger partial charge in [-0.3, -0.25) is 14.4 Å². The topological polar surface area (TPSA) is 178 Å². The van der Waals surface area contributed by atoms with Gasteiger partial charge in [-0.1, -0.05) is 18.2 Å². The van der Waals surface area contributed by atoms with Crippen LogP contribution in [0.15, 0.2) is 45.3 Å². The van der Waals surface area contributed by atoms with E-state index in [1.807, 2.05) is 0 Å². The molecular formula is C20H15N5O6S. The number of nitrogens with zero attached hydrogens (tertiary/aromatic N) is 2. The molecule has 0 fully saturated rings. The van der Waals surface area contributed by atoms with Gasteiger partial charge < -0.3 is 20.5 Å². The van der Waals surface area contributed by atoms with Crippen LogP contribution in [0, 0.1) is 0 Å². The molecule has 0 saturated carbocycles. The maximum Gasteiger partial charge on any atom is 0.358 e. The fraction of sp³-hybridized carbons (Fsp3) is 0.100. The van der Waals surface area contributed by atoms with Crippen molar-refractivity contribution in [3.8, 4) is 16.5 Å². The molecule has 32 heavy (non-hydrogen) atoms. The average Bonchev–Trinajstić information content (AvgIpc) is 3.23. The number of hydrogen-bond acceptors (Lipinski definition) is 8. The summed E-state index contributed by atoms with van der Waals surface area (Å²) in [6.07, 6.45) is 0. The number of nitrogens with one attached hydrogen (secondary N) is 3. The van der Waals surface area contributed by atoms with E-state index in [1.165, 1.54) is 0 Å². The fourth-order valence-electron chi connectivity index (χ4n) is 3.15. The molecule has 4 aromatic rings. The number of aromatic nitrogens is 4. The highest BCUT2D eigenvalue weighted by Crippen LogP contribution is 2.33. The zero-order valence-electron chi connectivity index (χ0n) is 16.4. The number of aromatic hydroxyl groups is 1. The molecule has 0 bridgehead atoms. The van der Waals surface area contributed by atoms with Gasteiger partial charge in [-0.25, -0.2) is 14.9 Å². The van der Waals surface area contributed by atoms with Crippen molar-refractivity contribution in [2.75, 3.05) is 5.32 Å². The van der Waals surface area contributed by atoms with Crippen LogP contribution in [0.2, 0.25) is 0 Å². The largest absolute Gasteiger partial charge is 0.501 e. The molecule has 1 atom stereocenters. The second kappa shape index (κ2) is 8.07. The molecule has 0 aliphatic rings. The number of carbonyl (C=O) groups excluding carboxylic acids is 1. The van der Waals surface area contributed by atoms with Crippen molar-refractivity contribution in [1.29, 1.82) is 0 Å². The Morgan fingerprint density at radius 3 is 2.56 bits per heavy atom. The van der Waals surface area contributed by atoms with Crippen LogP contribution in [0.1, 0.15) is 29.0 Å². The van der Waals surface area contributed by atoms with Crippen molar-refractivity contribution in [2.24, 2.45) is 0 Å². The Bertz CT molecular complexity index is 1490. The van der Waals surface area contributed by atoms with E-state index in [1.54, 1.807) is 42.6 Å². The van der Waals surface area contributed by atoms with Gasteiger partial charge in [0.2, 0.25) is 11.7 Å². The van der Waals surface area contributed by atoms with Crippen LogP contribution in [0.5, 0.6) is 5.75 Å². The number of hydrogen-bond donors (Lipinski definition) is 5. The second-order valence-electron chi connectivity index (χ2n) is 6.77. The number of thiophene rings is 1. The van der Waals surface area contributed by atoms with Crippen LogP contribution in [-0.2, 0) is 4.79 Å². The number of amides is 1. The Hall–Kier alpha value is -4.32. The highest BCUT2D eigenvalue weighted by molar-refractivity contribution is 7.14. The molecule has 1 unspecified atom stereocenters. The zero-order valence-corrected chi connectivity index (χ0v) is 17.2. The van der Waals surface area contributed by atoms with Crippen LogP contribution < -0.4 is 16.4 Å². The van der Waals surface area contributed by atoms with Gasteiger partial charge in [0.05, 0.1) is 27.6 Å². The summed E-state index contributed by atoms with van der Waals surface area (Å²) in [5.41, 5.74) is -1.53. The molecule has 5 N–H and O–H groups in total. The molecule has 3 heterocycles. The number of carbonyl (C=O) groups is 2. The van der Waals surface area contributed by atoms with Gasteiger partial charge in [0.25, 0.3) is 11.1 Å². The van der Waals surface area contributed by atoms with E-state index < -0.39 is 34.8 Å². The number of aromatic amines is 2. The quantitative estimate of drug-likeness (QED) is 0.304. The minimum absolute atomic E-state index is 0.115. The van der Waals surface area contributed by atoms with E-state index in [0.29, 0.717) is 21.3 Å². The molecule has 3 aromatic heterocycles. The lowest BCUT2D eigenvalue weighted by molar-refractivity contribution is -0.117. The molecule has 11 nitrogen and oxygen atoms in total. The Labute approximate surface area is 182 Å². The number of carboxylic acids is 1. The van der Waals surface area contributed by atoms with Crippen LogP contribution >= 0.6 is 11.3 Å². The minimum Gasteiger partial charge on any atom is -0.501 e. The lowest BCUT2D eigenvalue weighted by Gasteiger charge is -2.14. The Balaban J connectivity index is 1.68. The standard InChI is InChI=1S/C20H15N5O6S/c1-8(12-9-4-2-3-5-10(9)18(28)25-24-12)17(27)21-11-6-7-32-15(11)16-22-13(20(30)31)14(26)19(29)23-16/h2-8,26H,1H3,(H,21,27)(H,25,28)(H,30,31)(H,22,23,29). The Kier molecular flexibility index (Phi) is 5.28. The van der Waals surface area contributed by atoms with E-state index >= 15 is 0 Å². The van der Waals surface area contributed by atoms with E-state index in [-0.39, 0.29) is 17.1 Å². The van der Waals surface area contributed by atoms with Crippen molar-refractivity contribution in [1.82, 2.24) is 20.2 Å².